The molecule has 7 nitrogen and oxygen atoms in total. The maximum Gasteiger partial charge on any atom is 0.270 e. The van der Waals surface area contributed by atoms with Crippen LogP contribution in [0.25, 0.3) is 27.8 Å². The number of benzene rings is 2. The van der Waals surface area contributed by atoms with Gasteiger partial charge in [0.15, 0.2) is 0 Å². The van der Waals surface area contributed by atoms with E-state index in [2.05, 4.69) is 9.97 Å². The van der Waals surface area contributed by atoms with Crippen LogP contribution < -0.4 is 0 Å². The van der Waals surface area contributed by atoms with Crippen LogP contribution in [-0.2, 0) is 10.8 Å². The van der Waals surface area contributed by atoms with E-state index >= 15 is 0 Å². The van der Waals surface area contributed by atoms with Gasteiger partial charge in [0.1, 0.15) is 5.82 Å². The fraction of sp³-hybridized carbons (Fsp3) is 0.0526. The highest BCUT2D eigenvalue weighted by Crippen LogP contribution is 2.28. The summed E-state index contributed by atoms with van der Waals surface area (Å²) in [5.74, 6) is 0.612. The van der Waals surface area contributed by atoms with Gasteiger partial charge in [0.2, 0.25) is 5.16 Å². The number of fused-ring (bicyclic) bond motifs is 1. The highest BCUT2D eigenvalue weighted by atomic mass is 32.2. The minimum Gasteiger partial charge on any atom is -0.301 e. The van der Waals surface area contributed by atoms with Crippen molar-refractivity contribution in [3.8, 4) is 16.9 Å². The molecule has 0 radical (unpaired) electrons. The van der Waals surface area contributed by atoms with Crippen LogP contribution >= 0.6 is 0 Å². The first-order chi connectivity index (χ1) is 13.0. The number of non-ortho nitro benzene ring substituents is 1. The Morgan fingerprint density at radius 1 is 1.07 bits per heavy atom. The molecule has 0 aliphatic rings. The predicted molar refractivity (Wildman–Crippen MR) is 103 cm³/mol. The normalized spacial score (nSPS) is 12.2. The number of hydrogen-bond donors (Lipinski definition) is 0. The summed E-state index contributed by atoms with van der Waals surface area (Å²) in [5.41, 5.74) is 2.57. The lowest BCUT2D eigenvalue weighted by Gasteiger charge is -2.07. The summed E-state index contributed by atoms with van der Waals surface area (Å²) in [6.07, 6.45) is 5.00. The molecule has 0 fully saturated rings. The van der Waals surface area contributed by atoms with Gasteiger partial charge in [-0.2, -0.15) is 0 Å². The average Bonchev–Trinajstić information content (AvgIpc) is 3.11. The molecule has 0 saturated heterocycles. The molecule has 2 heterocycles. The number of hydrogen-bond acceptors (Lipinski definition) is 5. The number of rotatable bonds is 4. The van der Waals surface area contributed by atoms with Crippen LogP contribution in [0.15, 0.2) is 72.1 Å². The predicted octanol–water partition coefficient (Wildman–Crippen LogP) is 3.73. The number of nitro groups is 1. The molecule has 2 aromatic heterocycles. The Morgan fingerprint density at radius 2 is 1.89 bits per heavy atom. The largest absolute Gasteiger partial charge is 0.301 e. The molecular formula is C19H14N4O3S. The van der Waals surface area contributed by atoms with Gasteiger partial charge in [0.25, 0.3) is 5.69 Å². The molecule has 0 saturated carbocycles. The van der Waals surface area contributed by atoms with Crippen molar-refractivity contribution in [2.45, 2.75) is 5.16 Å². The molecule has 4 rings (SSSR count). The van der Waals surface area contributed by atoms with Crippen molar-refractivity contribution in [2.24, 2.45) is 0 Å². The molecule has 0 amide bonds. The first-order valence-electron chi connectivity index (χ1n) is 8.06. The zero-order chi connectivity index (χ0) is 19.0. The summed E-state index contributed by atoms with van der Waals surface area (Å²) in [6, 6.07) is 16.1. The summed E-state index contributed by atoms with van der Waals surface area (Å²) in [7, 11) is -1.28. The first kappa shape index (κ1) is 17.0. The second kappa shape index (κ2) is 6.73. The minimum atomic E-state index is -1.28. The highest BCUT2D eigenvalue weighted by molar-refractivity contribution is 7.84. The van der Waals surface area contributed by atoms with Gasteiger partial charge >= 0.3 is 0 Å². The first-order valence-corrected chi connectivity index (χ1v) is 9.61. The maximum absolute atomic E-state index is 11.7. The zero-order valence-electron chi connectivity index (χ0n) is 14.3. The average molecular weight is 378 g/mol. The van der Waals surface area contributed by atoms with E-state index in [1.165, 1.54) is 12.3 Å². The highest BCUT2D eigenvalue weighted by Gasteiger charge is 2.11. The van der Waals surface area contributed by atoms with Crippen molar-refractivity contribution >= 4 is 27.4 Å². The molecule has 4 aromatic rings. The van der Waals surface area contributed by atoms with Crippen molar-refractivity contribution < 1.29 is 9.13 Å². The fourth-order valence-electron chi connectivity index (χ4n) is 2.91. The molecule has 1 atom stereocenters. The van der Waals surface area contributed by atoms with E-state index in [9.17, 15) is 14.3 Å². The van der Waals surface area contributed by atoms with Crippen LogP contribution in [0, 0.1) is 10.1 Å². The topological polar surface area (TPSA) is 90.9 Å². The lowest BCUT2D eigenvalue weighted by Crippen LogP contribution is -2.02. The van der Waals surface area contributed by atoms with Gasteiger partial charge in [0, 0.05) is 36.2 Å². The van der Waals surface area contributed by atoms with Crippen LogP contribution in [0.5, 0.6) is 0 Å². The fourth-order valence-corrected chi connectivity index (χ4v) is 3.34. The van der Waals surface area contributed by atoms with Crippen LogP contribution in [0.1, 0.15) is 0 Å². The summed E-state index contributed by atoms with van der Waals surface area (Å²) in [6.45, 7) is 0. The van der Waals surface area contributed by atoms with Crippen LogP contribution in [0.3, 0.4) is 0 Å². The smallest absolute Gasteiger partial charge is 0.270 e. The molecule has 134 valence electrons. The molecule has 0 bridgehead atoms. The lowest BCUT2D eigenvalue weighted by atomic mass is 10.0. The monoisotopic (exact) mass is 378 g/mol. The van der Waals surface area contributed by atoms with Crippen molar-refractivity contribution in [1.29, 1.82) is 0 Å². The van der Waals surface area contributed by atoms with Crippen molar-refractivity contribution in [1.82, 2.24) is 14.5 Å². The lowest BCUT2D eigenvalue weighted by molar-refractivity contribution is -0.384. The van der Waals surface area contributed by atoms with Crippen LogP contribution in [0.4, 0.5) is 5.69 Å². The van der Waals surface area contributed by atoms with E-state index in [0.29, 0.717) is 5.82 Å². The SMILES string of the molecule is CS(=O)c1nccc(-n2ccc3ccc(-c4cccc([N+](=O)[O-])c4)cc32)n1. The zero-order valence-corrected chi connectivity index (χ0v) is 15.1. The quantitative estimate of drug-likeness (QED) is 0.306. The van der Waals surface area contributed by atoms with E-state index in [1.807, 2.05) is 41.1 Å². The minimum absolute atomic E-state index is 0.0499. The molecule has 2 aromatic carbocycles. The van der Waals surface area contributed by atoms with E-state index in [4.69, 9.17) is 0 Å². The van der Waals surface area contributed by atoms with E-state index in [-0.39, 0.29) is 10.8 Å². The van der Waals surface area contributed by atoms with Crippen molar-refractivity contribution in [2.75, 3.05) is 6.26 Å². The Balaban J connectivity index is 1.85. The number of aromatic nitrogens is 3. The van der Waals surface area contributed by atoms with Gasteiger partial charge in [-0.15, -0.1) is 0 Å². The third-order valence-electron chi connectivity index (χ3n) is 4.21. The molecule has 8 heteroatoms. The second-order valence-corrected chi connectivity index (χ2v) is 7.19. The molecule has 0 spiro atoms. The van der Waals surface area contributed by atoms with Gasteiger partial charge in [-0.25, -0.2) is 9.97 Å². The molecule has 0 aliphatic carbocycles. The van der Waals surface area contributed by atoms with Gasteiger partial charge < -0.3 is 4.57 Å². The molecule has 0 aliphatic heterocycles. The Hall–Kier alpha value is -3.39. The summed E-state index contributed by atoms with van der Waals surface area (Å²) in [4.78, 5) is 19.0. The summed E-state index contributed by atoms with van der Waals surface area (Å²) in [5, 5.41) is 12.3. The van der Waals surface area contributed by atoms with Gasteiger partial charge in [-0.1, -0.05) is 24.3 Å². The van der Waals surface area contributed by atoms with Crippen molar-refractivity contribution in [3.05, 3.63) is 77.1 Å². The summed E-state index contributed by atoms with van der Waals surface area (Å²) >= 11 is 0. The Labute approximate surface area is 156 Å². The molecule has 27 heavy (non-hydrogen) atoms. The van der Waals surface area contributed by atoms with E-state index in [0.717, 1.165) is 22.0 Å². The van der Waals surface area contributed by atoms with Gasteiger partial charge in [-0.05, 0) is 29.3 Å². The Kier molecular flexibility index (Phi) is 4.25. The van der Waals surface area contributed by atoms with Crippen molar-refractivity contribution in [3.63, 3.8) is 0 Å². The number of nitro benzene ring substituents is 1. The molecule has 1 unspecified atom stereocenters. The van der Waals surface area contributed by atoms with E-state index in [1.54, 1.807) is 24.4 Å². The molecule has 0 N–H and O–H groups in total. The Bertz CT molecular complexity index is 1200. The standard InChI is InChI=1S/C19H14N4O3S/c1-27(26)19-20-9-7-18(21-19)22-10-8-13-5-6-15(12-17(13)22)14-3-2-4-16(11-14)23(24)25/h2-12H,1H3. The summed E-state index contributed by atoms with van der Waals surface area (Å²) < 4.78 is 13.6. The number of nitrogens with zero attached hydrogens (tertiary/aromatic N) is 4. The van der Waals surface area contributed by atoms with Gasteiger partial charge in [0.05, 0.1) is 21.2 Å². The van der Waals surface area contributed by atoms with Crippen LogP contribution in [-0.4, -0.2) is 29.9 Å². The second-order valence-electron chi connectivity index (χ2n) is 5.92. The van der Waals surface area contributed by atoms with Gasteiger partial charge in [-0.3, -0.25) is 14.3 Å². The molecular weight excluding hydrogens is 364 g/mol. The Morgan fingerprint density at radius 3 is 2.67 bits per heavy atom. The van der Waals surface area contributed by atoms with Crippen LogP contribution in [0.2, 0.25) is 0 Å². The van der Waals surface area contributed by atoms with E-state index < -0.39 is 15.7 Å². The third-order valence-corrected chi connectivity index (χ3v) is 4.92. The maximum atomic E-state index is 11.7. The third kappa shape index (κ3) is 3.22.